The molecule has 5 rings (SSSR count). The second-order valence-electron chi connectivity index (χ2n) is 11.4. The van der Waals surface area contributed by atoms with Crippen molar-refractivity contribution in [1.82, 2.24) is 4.98 Å². The lowest BCUT2D eigenvalue weighted by Crippen LogP contribution is -2.18. The van der Waals surface area contributed by atoms with Gasteiger partial charge in [0.25, 0.3) is 11.3 Å². The summed E-state index contributed by atoms with van der Waals surface area (Å²) in [4.78, 5) is 5.17. The zero-order valence-electron chi connectivity index (χ0n) is 23.6. The zero-order chi connectivity index (χ0) is 28.4. The highest BCUT2D eigenvalue weighted by Crippen LogP contribution is 2.48. The lowest BCUT2D eigenvalue weighted by Gasteiger charge is -2.30. The normalized spacial score (nSPS) is 17.2. The fourth-order valence-electron chi connectivity index (χ4n) is 6.42. The molecule has 1 fully saturated rings. The third-order valence-corrected chi connectivity index (χ3v) is 8.54. The van der Waals surface area contributed by atoms with Crippen LogP contribution in [0.3, 0.4) is 0 Å². The van der Waals surface area contributed by atoms with Gasteiger partial charge in [-0.1, -0.05) is 25.3 Å². The largest absolute Gasteiger partial charge is 0.456 e. The molecule has 2 aliphatic carbocycles. The lowest BCUT2D eigenvalue weighted by molar-refractivity contribution is 0.195. The number of aromatic nitrogens is 1. The Morgan fingerprint density at radius 3 is 2.45 bits per heavy atom. The van der Waals surface area contributed by atoms with Crippen LogP contribution in [0.1, 0.15) is 91.4 Å². The van der Waals surface area contributed by atoms with E-state index in [9.17, 15) is 18.3 Å². The minimum Gasteiger partial charge on any atom is -0.456 e. The molecule has 1 heterocycles. The van der Waals surface area contributed by atoms with Crippen molar-refractivity contribution in [1.29, 1.82) is 0 Å². The van der Waals surface area contributed by atoms with Gasteiger partial charge in [0.2, 0.25) is 0 Å². The summed E-state index contributed by atoms with van der Waals surface area (Å²) >= 11 is -2.30. The molecule has 0 bridgehead atoms. The predicted octanol–water partition coefficient (Wildman–Crippen LogP) is 7.70. The highest BCUT2D eigenvalue weighted by Gasteiger charge is 2.30. The quantitative estimate of drug-likeness (QED) is 0.243. The summed E-state index contributed by atoms with van der Waals surface area (Å²) in [6.07, 6.45) is 9.07. The van der Waals surface area contributed by atoms with Crippen LogP contribution in [0.4, 0.5) is 10.1 Å². The smallest absolute Gasteiger partial charge is 0.259 e. The zero-order valence-corrected chi connectivity index (χ0v) is 24.4. The van der Waals surface area contributed by atoms with Crippen LogP contribution in [0.5, 0.6) is 11.5 Å². The van der Waals surface area contributed by atoms with Crippen molar-refractivity contribution in [2.45, 2.75) is 97.0 Å². The fraction of sp³-hybridized carbons (Fsp3) is 0.469. The second-order valence-corrected chi connectivity index (χ2v) is 12.1. The van der Waals surface area contributed by atoms with Crippen molar-refractivity contribution in [2.75, 3.05) is 4.72 Å². The first-order valence-corrected chi connectivity index (χ1v) is 15.5. The number of hydrogen-bond donors (Lipinski definition) is 3. The van der Waals surface area contributed by atoms with E-state index in [1.54, 1.807) is 6.92 Å². The summed E-state index contributed by atoms with van der Waals surface area (Å²) in [6, 6.07) is 8.77. The Bertz CT molecular complexity index is 1400. The predicted molar refractivity (Wildman–Crippen MR) is 158 cm³/mol. The van der Waals surface area contributed by atoms with Gasteiger partial charge in [0.15, 0.2) is 0 Å². The molecule has 1 saturated carbocycles. The number of anilines is 1. The Kier molecular flexibility index (Phi) is 8.88. The number of pyridine rings is 1. The molecule has 0 saturated heterocycles. The topological polar surface area (TPSA) is 91.7 Å². The molecule has 0 spiro atoms. The van der Waals surface area contributed by atoms with E-state index in [0.717, 1.165) is 85.0 Å². The second kappa shape index (κ2) is 12.4. The van der Waals surface area contributed by atoms with Gasteiger partial charge >= 0.3 is 0 Å². The number of aliphatic hydroxyl groups is 1. The molecule has 2 aromatic carbocycles. The van der Waals surface area contributed by atoms with Gasteiger partial charge in [-0.2, -0.15) is 0 Å². The molecule has 2 atom stereocenters. The highest BCUT2D eigenvalue weighted by atomic mass is 32.2. The summed E-state index contributed by atoms with van der Waals surface area (Å²) < 4.78 is 46.0. The molecule has 40 heavy (non-hydrogen) atoms. The molecule has 214 valence electrons. The Balaban J connectivity index is 1.77. The minimum atomic E-state index is -2.30. The van der Waals surface area contributed by atoms with Crippen LogP contribution in [0, 0.1) is 19.7 Å². The molecule has 1 aromatic heterocycles. The molecule has 8 heteroatoms. The average molecular weight is 567 g/mol. The molecule has 0 amide bonds. The van der Waals surface area contributed by atoms with Gasteiger partial charge in [-0.05, 0) is 112 Å². The highest BCUT2D eigenvalue weighted by molar-refractivity contribution is 7.80. The number of aryl methyl sites for hydroxylation is 3. The SMILES string of the molecule is Cc1cc(F)cc(C)c1Oc1ccc(CC(C)O)cc1-c1c2c(nc(C3CCCCC3)c1NS(=O)O)CCCC2. The van der Waals surface area contributed by atoms with E-state index in [0.29, 0.717) is 34.7 Å². The first-order chi connectivity index (χ1) is 19.2. The van der Waals surface area contributed by atoms with Crippen LogP contribution in [-0.2, 0) is 30.5 Å². The first kappa shape index (κ1) is 28.7. The summed E-state index contributed by atoms with van der Waals surface area (Å²) in [7, 11) is 0. The van der Waals surface area contributed by atoms with Gasteiger partial charge in [0.1, 0.15) is 17.3 Å². The van der Waals surface area contributed by atoms with E-state index >= 15 is 0 Å². The molecule has 0 radical (unpaired) electrons. The number of nitrogens with zero attached hydrogens (tertiary/aromatic N) is 1. The summed E-state index contributed by atoms with van der Waals surface area (Å²) in [5.41, 5.74) is 7.53. The Morgan fingerprint density at radius 2 is 1.77 bits per heavy atom. The van der Waals surface area contributed by atoms with Gasteiger partial charge < -0.3 is 9.84 Å². The first-order valence-electron chi connectivity index (χ1n) is 14.4. The van der Waals surface area contributed by atoms with Crippen molar-refractivity contribution in [3.8, 4) is 22.6 Å². The van der Waals surface area contributed by atoms with E-state index in [-0.39, 0.29) is 11.7 Å². The summed E-state index contributed by atoms with van der Waals surface area (Å²) in [6.45, 7) is 5.40. The number of rotatable bonds is 8. The molecule has 3 aromatic rings. The van der Waals surface area contributed by atoms with E-state index in [4.69, 9.17) is 9.72 Å². The fourth-order valence-corrected chi connectivity index (χ4v) is 6.80. The van der Waals surface area contributed by atoms with Crippen LogP contribution in [0.2, 0.25) is 0 Å². The summed E-state index contributed by atoms with van der Waals surface area (Å²) in [5.74, 6) is 1.05. The van der Waals surface area contributed by atoms with Crippen LogP contribution < -0.4 is 9.46 Å². The number of benzene rings is 2. The number of nitrogens with one attached hydrogen (secondary N) is 1. The molecular weight excluding hydrogens is 527 g/mol. The van der Waals surface area contributed by atoms with Crippen molar-refractivity contribution in [2.24, 2.45) is 0 Å². The van der Waals surface area contributed by atoms with Gasteiger partial charge in [-0.25, -0.2) is 8.60 Å². The van der Waals surface area contributed by atoms with Crippen molar-refractivity contribution >= 4 is 17.0 Å². The minimum absolute atomic E-state index is 0.206. The Morgan fingerprint density at radius 1 is 1.07 bits per heavy atom. The maximum absolute atomic E-state index is 14.1. The number of fused-ring (bicyclic) bond motifs is 1. The van der Waals surface area contributed by atoms with Gasteiger partial charge in [-0.3, -0.25) is 14.3 Å². The Labute approximate surface area is 238 Å². The summed E-state index contributed by atoms with van der Waals surface area (Å²) in [5, 5.41) is 10.2. The van der Waals surface area contributed by atoms with Crippen LogP contribution in [-0.4, -0.2) is 25.0 Å². The molecule has 3 N–H and O–H groups in total. The molecule has 2 aliphatic rings. The third-order valence-electron chi connectivity index (χ3n) is 8.16. The number of hydrogen-bond acceptors (Lipinski definition) is 4. The number of halogens is 1. The van der Waals surface area contributed by atoms with Gasteiger partial charge in [-0.15, -0.1) is 0 Å². The van der Waals surface area contributed by atoms with E-state index in [2.05, 4.69) is 4.72 Å². The van der Waals surface area contributed by atoms with E-state index in [1.165, 1.54) is 18.6 Å². The Hall–Kier alpha value is -2.81. The third kappa shape index (κ3) is 6.24. The number of ether oxygens (including phenoxy) is 1. The molecule has 6 nitrogen and oxygen atoms in total. The van der Waals surface area contributed by atoms with Crippen molar-refractivity contribution in [3.05, 3.63) is 69.8 Å². The maximum atomic E-state index is 14.1. The van der Waals surface area contributed by atoms with Crippen LogP contribution in [0.25, 0.3) is 11.1 Å². The maximum Gasteiger partial charge on any atom is 0.259 e. The van der Waals surface area contributed by atoms with Crippen molar-refractivity contribution in [3.63, 3.8) is 0 Å². The monoisotopic (exact) mass is 566 g/mol. The molecule has 0 aliphatic heterocycles. The van der Waals surface area contributed by atoms with Crippen LogP contribution in [0.15, 0.2) is 30.3 Å². The van der Waals surface area contributed by atoms with E-state index in [1.807, 2.05) is 32.0 Å². The van der Waals surface area contributed by atoms with Gasteiger partial charge in [0.05, 0.1) is 17.5 Å². The lowest BCUT2D eigenvalue weighted by atomic mass is 9.81. The molecular formula is C32H39FN2O4S. The molecule has 2 unspecified atom stereocenters. The van der Waals surface area contributed by atoms with Gasteiger partial charge in [0, 0.05) is 22.7 Å². The van der Waals surface area contributed by atoms with Crippen molar-refractivity contribution < 1.29 is 23.0 Å². The standard InChI is InChI=1S/C32H39FN2O4S/c1-19-15-24(33)16-20(2)32(19)39-28-14-13-22(17-21(3)36)18-26(28)29-25-11-7-8-12-27(25)34-30(31(29)35-40(37)38)23-9-5-4-6-10-23/h13-16,18,21,23,35-36H,4-12,17H2,1-3H3,(H,37,38). The van der Waals surface area contributed by atoms with E-state index < -0.39 is 17.4 Å². The van der Waals surface area contributed by atoms with Crippen LogP contribution >= 0.6 is 0 Å². The average Bonchev–Trinajstić information content (AvgIpc) is 2.91. The number of aliphatic hydroxyl groups excluding tert-OH is 1.